The molecule has 0 radical (unpaired) electrons. The van der Waals surface area contributed by atoms with E-state index in [1.807, 2.05) is 18.2 Å². The summed E-state index contributed by atoms with van der Waals surface area (Å²) in [7, 11) is 1.64. The molecule has 3 nitrogen and oxygen atoms in total. The summed E-state index contributed by atoms with van der Waals surface area (Å²) in [4.78, 5) is 8.96. The summed E-state index contributed by atoms with van der Waals surface area (Å²) in [6, 6.07) is 14.3. The average molecular weight is 411 g/mol. The van der Waals surface area contributed by atoms with Crippen LogP contribution in [-0.4, -0.2) is 17.1 Å². The molecule has 0 aliphatic heterocycles. The Hall–Kier alpha value is -1.24. The maximum Gasteiger partial charge on any atom is 0.161 e. The van der Waals surface area contributed by atoms with Crippen LogP contribution < -0.4 is 0 Å². The van der Waals surface area contributed by atoms with Crippen molar-refractivity contribution in [1.82, 2.24) is 9.97 Å². The molecule has 21 heavy (non-hydrogen) atoms. The molecule has 106 valence electrons. The van der Waals surface area contributed by atoms with E-state index in [1.165, 1.54) is 5.39 Å². The molecule has 0 N–H and O–H groups in total. The van der Waals surface area contributed by atoms with Crippen LogP contribution in [0.1, 0.15) is 5.69 Å². The van der Waals surface area contributed by atoms with Gasteiger partial charge in [-0.05, 0) is 39.4 Å². The van der Waals surface area contributed by atoms with Crippen LogP contribution in [0.25, 0.3) is 22.2 Å². The molecule has 0 spiro atoms. The predicted octanol–water partition coefficient (Wildman–Crippen LogP) is 4.70. The van der Waals surface area contributed by atoms with E-state index in [2.05, 4.69) is 56.8 Å². The van der Waals surface area contributed by atoms with Crippen molar-refractivity contribution in [3.05, 3.63) is 56.9 Å². The van der Waals surface area contributed by atoms with E-state index in [1.54, 1.807) is 7.11 Å². The number of fused-ring (bicyclic) bond motifs is 1. The Balaban J connectivity index is 2.13. The van der Waals surface area contributed by atoms with Gasteiger partial charge in [-0.2, -0.15) is 0 Å². The fourth-order valence-corrected chi connectivity index (χ4v) is 2.74. The van der Waals surface area contributed by atoms with Gasteiger partial charge in [0.2, 0.25) is 0 Å². The number of nitrogens with zero attached hydrogens (tertiary/aromatic N) is 2. The molecule has 1 heterocycles. The maximum absolute atomic E-state index is 6.21. The highest BCUT2D eigenvalue weighted by molar-refractivity contribution is 14.1. The molecule has 0 saturated heterocycles. The van der Waals surface area contributed by atoms with Gasteiger partial charge in [-0.1, -0.05) is 48.0 Å². The van der Waals surface area contributed by atoms with Gasteiger partial charge >= 0.3 is 0 Å². The van der Waals surface area contributed by atoms with E-state index in [-0.39, 0.29) is 0 Å². The second-order valence-electron chi connectivity index (χ2n) is 4.59. The molecule has 1 aromatic heterocycles. The highest BCUT2D eigenvalue weighted by Gasteiger charge is 2.12. The molecule has 0 atom stereocenters. The first kappa shape index (κ1) is 14.7. The van der Waals surface area contributed by atoms with Crippen molar-refractivity contribution in [2.75, 3.05) is 7.11 Å². The van der Waals surface area contributed by atoms with Crippen molar-refractivity contribution in [2.24, 2.45) is 0 Å². The van der Waals surface area contributed by atoms with Crippen molar-refractivity contribution in [3.8, 4) is 11.4 Å². The van der Waals surface area contributed by atoms with Gasteiger partial charge in [-0.25, -0.2) is 9.97 Å². The average Bonchev–Trinajstić information content (AvgIpc) is 2.51. The fraction of sp³-hybridized carbons (Fsp3) is 0.125. The summed E-state index contributed by atoms with van der Waals surface area (Å²) in [6.07, 6.45) is 0. The van der Waals surface area contributed by atoms with Crippen LogP contribution in [-0.2, 0) is 11.3 Å². The number of aromatic nitrogens is 2. The molecule has 0 aliphatic carbocycles. The minimum absolute atomic E-state index is 0.418. The predicted molar refractivity (Wildman–Crippen MR) is 93.4 cm³/mol. The Morgan fingerprint density at radius 2 is 1.86 bits per heavy atom. The molecule has 0 bridgehead atoms. The van der Waals surface area contributed by atoms with Crippen LogP contribution in [0.5, 0.6) is 0 Å². The first-order valence-corrected chi connectivity index (χ1v) is 7.84. The molecule has 5 heteroatoms. The molecule has 0 fully saturated rings. The third-order valence-electron chi connectivity index (χ3n) is 3.17. The summed E-state index contributed by atoms with van der Waals surface area (Å²) in [5.74, 6) is 0.623. The zero-order valence-electron chi connectivity index (χ0n) is 11.3. The Morgan fingerprint density at radius 3 is 2.62 bits per heavy atom. The van der Waals surface area contributed by atoms with E-state index < -0.39 is 0 Å². The molecule has 0 unspecified atom stereocenters. The van der Waals surface area contributed by atoms with Crippen LogP contribution in [0.15, 0.2) is 42.5 Å². The standard InChI is InChI=1S/C16H12ClIN2O/c1-21-9-13-14(18)15(17)20-16(19-13)12-7-6-10-4-2-3-5-11(10)8-12/h2-8H,9H2,1H3. The zero-order valence-corrected chi connectivity index (χ0v) is 14.2. The van der Waals surface area contributed by atoms with Crippen LogP contribution in [0.2, 0.25) is 5.15 Å². The highest BCUT2D eigenvalue weighted by Crippen LogP contribution is 2.26. The van der Waals surface area contributed by atoms with Crippen LogP contribution >= 0.6 is 34.2 Å². The largest absolute Gasteiger partial charge is 0.378 e. The Morgan fingerprint density at radius 1 is 1.10 bits per heavy atom. The van der Waals surface area contributed by atoms with Crippen molar-refractivity contribution in [2.45, 2.75) is 6.61 Å². The molecular weight excluding hydrogens is 399 g/mol. The molecule has 3 aromatic rings. The smallest absolute Gasteiger partial charge is 0.161 e. The van der Waals surface area contributed by atoms with E-state index in [9.17, 15) is 0 Å². The summed E-state index contributed by atoms with van der Waals surface area (Å²) in [5.41, 5.74) is 1.76. The van der Waals surface area contributed by atoms with Crippen molar-refractivity contribution < 1.29 is 4.74 Å². The molecule has 2 aromatic carbocycles. The van der Waals surface area contributed by atoms with Gasteiger partial charge in [0.1, 0.15) is 5.15 Å². The Bertz CT molecular complexity index is 807. The quantitative estimate of drug-likeness (QED) is 0.464. The first-order chi connectivity index (χ1) is 10.2. The van der Waals surface area contributed by atoms with E-state index in [4.69, 9.17) is 16.3 Å². The minimum Gasteiger partial charge on any atom is -0.378 e. The van der Waals surface area contributed by atoms with Crippen molar-refractivity contribution in [3.63, 3.8) is 0 Å². The molecule has 0 saturated carbocycles. The van der Waals surface area contributed by atoms with Crippen LogP contribution in [0.3, 0.4) is 0 Å². The SMILES string of the molecule is COCc1nc(-c2ccc3ccccc3c2)nc(Cl)c1I. The lowest BCUT2D eigenvalue weighted by Crippen LogP contribution is -2.02. The molecule has 0 aliphatic rings. The zero-order chi connectivity index (χ0) is 14.8. The summed E-state index contributed by atoms with van der Waals surface area (Å²) < 4.78 is 6.01. The maximum atomic E-state index is 6.21. The number of hydrogen-bond donors (Lipinski definition) is 0. The van der Waals surface area contributed by atoms with Gasteiger partial charge < -0.3 is 4.74 Å². The number of benzene rings is 2. The number of methoxy groups -OCH3 is 1. The lowest BCUT2D eigenvalue weighted by atomic mass is 10.1. The molecule has 0 amide bonds. The van der Waals surface area contributed by atoms with Crippen molar-refractivity contribution in [1.29, 1.82) is 0 Å². The first-order valence-electron chi connectivity index (χ1n) is 6.39. The lowest BCUT2D eigenvalue weighted by Gasteiger charge is -2.08. The fourth-order valence-electron chi connectivity index (χ4n) is 2.15. The second kappa shape index (κ2) is 6.25. The lowest BCUT2D eigenvalue weighted by molar-refractivity contribution is 0.181. The third kappa shape index (κ3) is 3.02. The topological polar surface area (TPSA) is 35.0 Å². The monoisotopic (exact) mass is 410 g/mol. The number of rotatable bonds is 3. The van der Waals surface area contributed by atoms with Crippen LogP contribution in [0, 0.1) is 3.57 Å². The number of hydrogen-bond acceptors (Lipinski definition) is 3. The van der Waals surface area contributed by atoms with Gasteiger partial charge in [0.25, 0.3) is 0 Å². The number of ether oxygens (including phenoxy) is 1. The van der Waals surface area contributed by atoms with Gasteiger partial charge in [0.15, 0.2) is 5.82 Å². The van der Waals surface area contributed by atoms with Gasteiger partial charge in [-0.15, -0.1) is 0 Å². The Labute approximate surface area is 141 Å². The highest BCUT2D eigenvalue weighted by atomic mass is 127. The normalized spacial score (nSPS) is 11.0. The number of halogens is 2. The van der Waals surface area contributed by atoms with Gasteiger partial charge in [-0.3, -0.25) is 0 Å². The van der Waals surface area contributed by atoms with Gasteiger partial charge in [0, 0.05) is 12.7 Å². The molecular formula is C16H12ClIN2O. The third-order valence-corrected chi connectivity index (χ3v) is 4.89. The van der Waals surface area contributed by atoms with E-state index in [0.717, 1.165) is 20.2 Å². The second-order valence-corrected chi connectivity index (χ2v) is 6.03. The summed E-state index contributed by atoms with van der Waals surface area (Å²) >= 11 is 8.35. The summed E-state index contributed by atoms with van der Waals surface area (Å²) in [6.45, 7) is 0.418. The van der Waals surface area contributed by atoms with Gasteiger partial charge in [0.05, 0.1) is 15.9 Å². The Kier molecular flexibility index (Phi) is 4.37. The molecule has 3 rings (SSSR count). The van der Waals surface area contributed by atoms with E-state index in [0.29, 0.717) is 17.6 Å². The minimum atomic E-state index is 0.418. The van der Waals surface area contributed by atoms with E-state index >= 15 is 0 Å². The summed E-state index contributed by atoms with van der Waals surface area (Å²) in [5, 5.41) is 2.80. The van der Waals surface area contributed by atoms with Crippen LogP contribution in [0.4, 0.5) is 0 Å². The van der Waals surface area contributed by atoms with Crippen molar-refractivity contribution >= 4 is 45.0 Å².